The van der Waals surface area contributed by atoms with Gasteiger partial charge in [-0.25, -0.2) is 0 Å². The average molecular weight is 200 g/mol. The normalized spacial score (nSPS) is 12.5. The Labute approximate surface area is 83.6 Å². The third-order valence-electron chi connectivity index (χ3n) is 1.80. The third kappa shape index (κ3) is 3.66. The first-order chi connectivity index (χ1) is 6.22. The van der Waals surface area contributed by atoms with Crippen LogP contribution in [0.3, 0.4) is 0 Å². The Morgan fingerprint density at radius 2 is 2.00 bits per heavy atom. The van der Waals surface area contributed by atoms with Gasteiger partial charge in [-0.2, -0.15) is 0 Å². The van der Waals surface area contributed by atoms with E-state index in [9.17, 15) is 0 Å². The highest BCUT2D eigenvalue weighted by Crippen LogP contribution is 2.15. The summed E-state index contributed by atoms with van der Waals surface area (Å²) in [5, 5.41) is 0.715. The molecule has 0 bridgehead atoms. The largest absolute Gasteiger partial charge is 0.492 e. The molecule has 0 saturated carbocycles. The fourth-order valence-corrected chi connectivity index (χ4v) is 0.978. The van der Waals surface area contributed by atoms with Gasteiger partial charge in [-0.3, -0.25) is 0 Å². The molecule has 3 heteroatoms. The molecule has 0 aliphatic heterocycles. The molecule has 0 aromatic heterocycles. The van der Waals surface area contributed by atoms with Crippen LogP contribution in [0, 0.1) is 0 Å². The zero-order valence-electron chi connectivity index (χ0n) is 7.66. The highest BCUT2D eigenvalue weighted by atomic mass is 35.5. The zero-order chi connectivity index (χ0) is 9.68. The molecule has 0 amide bonds. The molecule has 1 aromatic rings. The van der Waals surface area contributed by atoms with E-state index in [1.54, 1.807) is 12.1 Å². The highest BCUT2D eigenvalue weighted by molar-refractivity contribution is 6.30. The van der Waals surface area contributed by atoms with Crippen molar-refractivity contribution in [2.75, 3.05) is 6.61 Å². The Morgan fingerprint density at radius 1 is 1.38 bits per heavy atom. The number of hydrogen-bond acceptors (Lipinski definition) is 2. The number of halogens is 1. The average Bonchev–Trinajstić information content (AvgIpc) is 2.16. The predicted octanol–water partition coefficient (Wildman–Crippen LogP) is 2.46. The van der Waals surface area contributed by atoms with Gasteiger partial charge < -0.3 is 10.5 Å². The van der Waals surface area contributed by atoms with Crippen molar-refractivity contribution < 1.29 is 4.74 Å². The number of benzene rings is 1. The van der Waals surface area contributed by atoms with Gasteiger partial charge in [0.25, 0.3) is 0 Å². The molecule has 0 fully saturated rings. The van der Waals surface area contributed by atoms with E-state index >= 15 is 0 Å². The molecule has 1 aromatic carbocycles. The van der Waals surface area contributed by atoms with E-state index in [2.05, 4.69) is 0 Å². The summed E-state index contributed by atoms with van der Waals surface area (Å²) in [6.45, 7) is 2.59. The second kappa shape index (κ2) is 5.10. The summed E-state index contributed by atoms with van der Waals surface area (Å²) in [7, 11) is 0. The van der Waals surface area contributed by atoms with Crippen LogP contribution in [-0.2, 0) is 0 Å². The SMILES string of the molecule is CC[C@H](N)COc1ccc(Cl)cc1. The first-order valence-electron chi connectivity index (χ1n) is 4.36. The van der Waals surface area contributed by atoms with E-state index in [0.29, 0.717) is 11.6 Å². The van der Waals surface area contributed by atoms with Crippen molar-refractivity contribution in [3.8, 4) is 5.75 Å². The second-order valence-corrected chi connectivity index (χ2v) is 3.37. The monoisotopic (exact) mass is 199 g/mol. The first kappa shape index (κ1) is 10.4. The maximum absolute atomic E-state index is 5.72. The Kier molecular flexibility index (Phi) is 4.06. The van der Waals surface area contributed by atoms with Crippen LogP contribution in [0.1, 0.15) is 13.3 Å². The van der Waals surface area contributed by atoms with Crippen LogP contribution in [0.25, 0.3) is 0 Å². The molecule has 2 N–H and O–H groups in total. The lowest BCUT2D eigenvalue weighted by atomic mass is 10.2. The lowest BCUT2D eigenvalue weighted by molar-refractivity contribution is 0.285. The molecule has 13 heavy (non-hydrogen) atoms. The van der Waals surface area contributed by atoms with E-state index in [0.717, 1.165) is 12.2 Å². The molecule has 1 rings (SSSR count). The standard InChI is InChI=1S/C10H14ClNO/c1-2-9(12)7-13-10-5-3-8(11)4-6-10/h3-6,9H,2,7,12H2,1H3/t9-/m0/s1. The molecule has 0 heterocycles. The highest BCUT2D eigenvalue weighted by Gasteiger charge is 1.99. The minimum Gasteiger partial charge on any atom is -0.492 e. The van der Waals surface area contributed by atoms with Gasteiger partial charge in [0.1, 0.15) is 12.4 Å². The Bertz CT molecular complexity index is 248. The van der Waals surface area contributed by atoms with Crippen molar-refractivity contribution in [3.63, 3.8) is 0 Å². The lowest BCUT2D eigenvalue weighted by Gasteiger charge is -2.10. The number of ether oxygens (including phenoxy) is 1. The van der Waals surface area contributed by atoms with Crippen molar-refractivity contribution in [3.05, 3.63) is 29.3 Å². The quantitative estimate of drug-likeness (QED) is 0.809. The summed E-state index contributed by atoms with van der Waals surface area (Å²) in [5.41, 5.74) is 5.70. The van der Waals surface area contributed by atoms with E-state index in [-0.39, 0.29) is 6.04 Å². The van der Waals surface area contributed by atoms with Gasteiger partial charge in [0.15, 0.2) is 0 Å². The minimum atomic E-state index is 0.107. The van der Waals surface area contributed by atoms with Gasteiger partial charge in [0, 0.05) is 11.1 Å². The van der Waals surface area contributed by atoms with Crippen LogP contribution in [-0.4, -0.2) is 12.6 Å². The minimum absolute atomic E-state index is 0.107. The van der Waals surface area contributed by atoms with Crippen LogP contribution in [0.15, 0.2) is 24.3 Å². The van der Waals surface area contributed by atoms with Gasteiger partial charge in [0.05, 0.1) is 0 Å². The molecule has 0 radical (unpaired) electrons. The fraction of sp³-hybridized carbons (Fsp3) is 0.400. The van der Waals surface area contributed by atoms with Crippen molar-refractivity contribution in [2.24, 2.45) is 5.73 Å². The van der Waals surface area contributed by atoms with Crippen LogP contribution >= 0.6 is 11.6 Å². The van der Waals surface area contributed by atoms with Crippen LogP contribution in [0.4, 0.5) is 0 Å². The third-order valence-corrected chi connectivity index (χ3v) is 2.05. The van der Waals surface area contributed by atoms with Gasteiger partial charge in [-0.15, -0.1) is 0 Å². The van der Waals surface area contributed by atoms with Crippen LogP contribution in [0.2, 0.25) is 5.02 Å². The first-order valence-corrected chi connectivity index (χ1v) is 4.74. The van der Waals surface area contributed by atoms with Crippen molar-refractivity contribution >= 4 is 11.6 Å². The second-order valence-electron chi connectivity index (χ2n) is 2.93. The Hall–Kier alpha value is -0.730. The molecule has 72 valence electrons. The van der Waals surface area contributed by atoms with E-state index < -0.39 is 0 Å². The number of rotatable bonds is 4. The molecule has 0 saturated heterocycles. The molecule has 0 spiro atoms. The van der Waals surface area contributed by atoms with Gasteiger partial charge in [-0.05, 0) is 30.7 Å². The Morgan fingerprint density at radius 3 is 2.54 bits per heavy atom. The summed E-state index contributed by atoms with van der Waals surface area (Å²) in [5.74, 6) is 0.813. The maximum Gasteiger partial charge on any atom is 0.119 e. The smallest absolute Gasteiger partial charge is 0.119 e. The van der Waals surface area contributed by atoms with Crippen molar-refractivity contribution in [1.82, 2.24) is 0 Å². The number of nitrogens with two attached hydrogens (primary N) is 1. The van der Waals surface area contributed by atoms with Crippen molar-refractivity contribution in [1.29, 1.82) is 0 Å². The predicted molar refractivity (Wildman–Crippen MR) is 55.2 cm³/mol. The summed E-state index contributed by atoms with van der Waals surface area (Å²) in [6, 6.07) is 7.38. The summed E-state index contributed by atoms with van der Waals surface area (Å²) in [4.78, 5) is 0. The van der Waals surface area contributed by atoms with Gasteiger partial charge in [0.2, 0.25) is 0 Å². The topological polar surface area (TPSA) is 35.2 Å². The zero-order valence-corrected chi connectivity index (χ0v) is 8.42. The summed E-state index contributed by atoms with van der Waals surface area (Å²) in [6.07, 6.45) is 0.924. The van der Waals surface area contributed by atoms with Crippen LogP contribution < -0.4 is 10.5 Å². The molecule has 0 aliphatic rings. The molecular formula is C10H14ClNO. The van der Waals surface area contributed by atoms with Crippen LogP contribution in [0.5, 0.6) is 5.75 Å². The summed E-state index contributed by atoms with van der Waals surface area (Å²) < 4.78 is 5.43. The molecule has 1 atom stereocenters. The van der Waals surface area contributed by atoms with E-state index in [4.69, 9.17) is 22.1 Å². The number of hydrogen-bond donors (Lipinski definition) is 1. The maximum atomic E-state index is 5.72. The van der Waals surface area contributed by atoms with E-state index in [1.807, 2.05) is 19.1 Å². The molecule has 2 nitrogen and oxygen atoms in total. The Balaban J connectivity index is 2.41. The van der Waals surface area contributed by atoms with E-state index in [1.165, 1.54) is 0 Å². The molecular weight excluding hydrogens is 186 g/mol. The fourth-order valence-electron chi connectivity index (χ4n) is 0.852. The molecule has 0 aliphatic carbocycles. The van der Waals surface area contributed by atoms with Crippen molar-refractivity contribution in [2.45, 2.75) is 19.4 Å². The molecule has 0 unspecified atom stereocenters. The lowest BCUT2D eigenvalue weighted by Crippen LogP contribution is -2.26. The summed E-state index contributed by atoms with van der Waals surface area (Å²) >= 11 is 5.72. The van der Waals surface area contributed by atoms with Gasteiger partial charge >= 0.3 is 0 Å². The van der Waals surface area contributed by atoms with Gasteiger partial charge in [-0.1, -0.05) is 18.5 Å².